The van der Waals surface area contributed by atoms with Crippen molar-refractivity contribution < 1.29 is 9.59 Å². The highest BCUT2D eigenvalue weighted by atomic mass is 16.2. The molecule has 0 saturated carbocycles. The molecule has 3 aromatic rings. The van der Waals surface area contributed by atoms with Gasteiger partial charge in [-0.2, -0.15) is 0 Å². The fourth-order valence-electron chi connectivity index (χ4n) is 3.68. The zero-order chi connectivity index (χ0) is 28.8. The van der Waals surface area contributed by atoms with Gasteiger partial charge >= 0.3 is 0 Å². The van der Waals surface area contributed by atoms with Gasteiger partial charge in [-0.15, -0.1) is 0 Å². The molecule has 0 saturated heterocycles. The van der Waals surface area contributed by atoms with Crippen molar-refractivity contribution in [2.24, 2.45) is 24.6 Å². The Labute approximate surface area is 229 Å². The van der Waals surface area contributed by atoms with Gasteiger partial charge in [-0.1, -0.05) is 48.0 Å². The molecule has 3 N–H and O–H groups in total. The van der Waals surface area contributed by atoms with Crippen molar-refractivity contribution in [3.05, 3.63) is 53.6 Å². The Morgan fingerprint density at radius 3 is 1.89 bits per heavy atom. The number of nitrogens with two attached hydrogens (primary N) is 1. The van der Waals surface area contributed by atoms with E-state index < -0.39 is 0 Å². The number of imidazole rings is 1. The largest absolute Gasteiger partial charge is 0.339 e. The summed E-state index contributed by atoms with van der Waals surface area (Å²) in [5, 5.41) is 3.31. The predicted octanol–water partition coefficient (Wildman–Crippen LogP) is 7.05. The lowest BCUT2D eigenvalue weighted by atomic mass is 10.1. The van der Waals surface area contributed by atoms with Crippen LogP contribution in [0, 0.1) is 11.8 Å². The number of fused-ring (bicyclic) bond motifs is 1. The Kier molecular flexibility index (Phi) is 14.4. The molecule has 0 aliphatic carbocycles. The normalized spacial score (nSPS) is 10.5. The number of nitrogens with zero attached hydrogens (tertiary/aromatic N) is 3. The van der Waals surface area contributed by atoms with E-state index in [1.54, 1.807) is 19.1 Å². The minimum atomic E-state index is 0.0392. The molecule has 0 fully saturated rings. The quantitative estimate of drug-likeness (QED) is 0.278. The first kappa shape index (κ1) is 32.8. The highest BCUT2D eigenvalue weighted by Gasteiger charge is 2.18. The van der Waals surface area contributed by atoms with Crippen LogP contribution in [0.5, 0.6) is 0 Å². The van der Waals surface area contributed by atoms with Crippen LogP contribution in [0.4, 0.5) is 11.6 Å². The van der Waals surface area contributed by atoms with Gasteiger partial charge in [0.1, 0.15) is 0 Å². The van der Waals surface area contributed by atoms with Crippen LogP contribution in [0.3, 0.4) is 0 Å². The van der Waals surface area contributed by atoms with Crippen LogP contribution in [0.25, 0.3) is 11.0 Å². The van der Waals surface area contributed by atoms with Crippen LogP contribution in [0.1, 0.15) is 88.4 Å². The fourth-order valence-corrected chi connectivity index (χ4v) is 3.68. The first-order valence-electron chi connectivity index (χ1n) is 13.8. The molecule has 0 unspecified atom stereocenters. The topological polar surface area (TPSA) is 93.2 Å². The van der Waals surface area contributed by atoms with Gasteiger partial charge in [0, 0.05) is 37.0 Å². The summed E-state index contributed by atoms with van der Waals surface area (Å²) in [6, 6.07) is 13.1. The molecule has 0 radical (unpaired) electrons. The van der Waals surface area contributed by atoms with Gasteiger partial charge in [-0.25, -0.2) is 4.98 Å². The van der Waals surface area contributed by atoms with Gasteiger partial charge in [0.15, 0.2) is 5.78 Å². The Balaban J connectivity index is 0.00000135. The van der Waals surface area contributed by atoms with Crippen molar-refractivity contribution >= 4 is 34.4 Å². The second-order valence-corrected chi connectivity index (χ2v) is 10.3. The molecule has 38 heavy (non-hydrogen) atoms. The maximum absolute atomic E-state index is 13.4. The Morgan fingerprint density at radius 1 is 0.921 bits per heavy atom. The number of Topliss-reactive ketones (excluding diaryl/α,β-unsaturated/α-hetero) is 1. The van der Waals surface area contributed by atoms with E-state index in [1.165, 1.54) is 13.5 Å². The third kappa shape index (κ3) is 9.93. The molecule has 1 heterocycles. The molecular weight excluding hydrogens is 474 g/mol. The van der Waals surface area contributed by atoms with E-state index in [0.29, 0.717) is 28.9 Å². The number of aromatic nitrogens is 2. The minimum Gasteiger partial charge on any atom is -0.339 e. The number of ketones is 1. The van der Waals surface area contributed by atoms with E-state index in [1.807, 2.05) is 46.8 Å². The number of carbonyl (C=O) groups excluding carboxylic acids is 2. The second kappa shape index (κ2) is 16.6. The number of nitrogens with one attached hydrogen (secondary N) is 1. The zero-order valence-electron chi connectivity index (χ0n) is 25.0. The number of carbonyl (C=O) groups is 2. The molecule has 1 aromatic heterocycles. The summed E-state index contributed by atoms with van der Waals surface area (Å²) in [5.41, 5.74) is 8.44. The number of benzene rings is 2. The van der Waals surface area contributed by atoms with Crippen LogP contribution in [0.15, 0.2) is 42.5 Å². The molecule has 1 amide bonds. The second-order valence-electron chi connectivity index (χ2n) is 10.3. The molecule has 0 aliphatic heterocycles. The summed E-state index contributed by atoms with van der Waals surface area (Å²) in [5.74, 6) is 1.90. The molecule has 0 spiro atoms. The van der Waals surface area contributed by atoms with Crippen molar-refractivity contribution in [1.29, 1.82) is 0 Å². The van der Waals surface area contributed by atoms with Crippen LogP contribution in [0.2, 0.25) is 0 Å². The van der Waals surface area contributed by atoms with Gasteiger partial charge in [0.25, 0.3) is 5.91 Å². The number of amides is 1. The van der Waals surface area contributed by atoms with Crippen molar-refractivity contribution in [2.45, 2.75) is 67.7 Å². The smallest absolute Gasteiger partial charge is 0.253 e. The molecule has 3 rings (SSSR count). The van der Waals surface area contributed by atoms with Crippen LogP contribution in [-0.4, -0.2) is 46.3 Å². The molecule has 0 aliphatic rings. The van der Waals surface area contributed by atoms with Crippen LogP contribution in [-0.2, 0) is 7.05 Å². The van der Waals surface area contributed by atoms with E-state index in [9.17, 15) is 9.59 Å². The number of anilines is 2. The SMILES string of the molecule is CC(=O)c1ccc(Nc2nc3ccc(C(=O)N(CCC(C)C)CCC(C)C)cc3n2C)cc1.CCC.CN. The van der Waals surface area contributed by atoms with Gasteiger partial charge in [0.2, 0.25) is 5.95 Å². The monoisotopic (exact) mass is 523 g/mol. The molecule has 7 heteroatoms. The Hall–Kier alpha value is -3.19. The maximum atomic E-state index is 13.4. The summed E-state index contributed by atoms with van der Waals surface area (Å²) < 4.78 is 1.96. The van der Waals surface area contributed by atoms with Crippen molar-refractivity contribution in [3.8, 4) is 0 Å². The fraction of sp³-hybridized carbons (Fsp3) is 0.516. The first-order valence-corrected chi connectivity index (χ1v) is 13.8. The average molecular weight is 524 g/mol. The van der Waals surface area contributed by atoms with E-state index in [0.717, 1.165) is 42.7 Å². The Morgan fingerprint density at radius 2 is 1.42 bits per heavy atom. The molecule has 210 valence electrons. The summed E-state index contributed by atoms with van der Waals surface area (Å²) in [6.45, 7) is 16.1. The molecule has 2 aromatic carbocycles. The lowest BCUT2D eigenvalue weighted by Crippen LogP contribution is -2.34. The molecule has 0 atom stereocenters. The van der Waals surface area contributed by atoms with Gasteiger partial charge < -0.3 is 20.5 Å². The third-order valence-electron chi connectivity index (χ3n) is 5.92. The first-order chi connectivity index (χ1) is 18.1. The van der Waals surface area contributed by atoms with Gasteiger partial charge in [-0.3, -0.25) is 9.59 Å². The number of hydrogen-bond acceptors (Lipinski definition) is 5. The number of rotatable bonds is 10. The number of hydrogen-bond donors (Lipinski definition) is 2. The lowest BCUT2D eigenvalue weighted by Gasteiger charge is -2.24. The third-order valence-corrected chi connectivity index (χ3v) is 5.92. The lowest BCUT2D eigenvalue weighted by molar-refractivity contribution is 0.0740. The van der Waals surface area contributed by atoms with Crippen LogP contribution < -0.4 is 11.1 Å². The van der Waals surface area contributed by atoms with Crippen molar-refractivity contribution in [3.63, 3.8) is 0 Å². The van der Waals surface area contributed by atoms with Crippen molar-refractivity contribution in [1.82, 2.24) is 14.5 Å². The summed E-state index contributed by atoms with van der Waals surface area (Å²) in [7, 11) is 3.44. The highest BCUT2D eigenvalue weighted by Crippen LogP contribution is 2.24. The average Bonchev–Trinajstić information content (AvgIpc) is 3.19. The predicted molar refractivity (Wildman–Crippen MR) is 161 cm³/mol. The van der Waals surface area contributed by atoms with Crippen molar-refractivity contribution in [2.75, 3.05) is 25.5 Å². The minimum absolute atomic E-state index is 0.0392. The molecule has 7 nitrogen and oxygen atoms in total. The summed E-state index contributed by atoms with van der Waals surface area (Å²) in [4.78, 5) is 31.5. The van der Waals surface area contributed by atoms with E-state index in [-0.39, 0.29) is 11.7 Å². The van der Waals surface area contributed by atoms with Gasteiger partial charge in [0.05, 0.1) is 11.0 Å². The number of aryl methyl sites for hydroxylation is 1. The molecular formula is C31H49N5O2. The van der Waals surface area contributed by atoms with Gasteiger partial charge in [-0.05, 0) is 81.1 Å². The zero-order valence-corrected chi connectivity index (χ0v) is 25.0. The maximum Gasteiger partial charge on any atom is 0.253 e. The van der Waals surface area contributed by atoms with E-state index in [2.05, 4.69) is 57.6 Å². The highest BCUT2D eigenvalue weighted by molar-refractivity contribution is 5.98. The molecule has 0 bridgehead atoms. The Bertz CT molecular complexity index is 1120. The van der Waals surface area contributed by atoms with E-state index >= 15 is 0 Å². The summed E-state index contributed by atoms with van der Waals surface area (Å²) >= 11 is 0. The van der Waals surface area contributed by atoms with E-state index in [4.69, 9.17) is 0 Å². The standard InChI is InChI=1S/C27H36N4O2.C3H8.CH5N/c1-18(2)13-15-31(16-14-19(3)4)26(33)22-9-12-24-25(17-22)30(6)27(29-24)28-23-10-7-21(8-11-23)20(5)32;1-3-2;1-2/h7-12,17-19H,13-16H2,1-6H3,(H,28,29);3H2,1-2H3;2H2,1H3. The van der Waals surface area contributed by atoms with Crippen LogP contribution >= 0.6 is 0 Å². The summed E-state index contributed by atoms with van der Waals surface area (Å²) in [6.07, 6.45) is 3.24.